The van der Waals surface area contributed by atoms with E-state index in [-0.39, 0.29) is 4.90 Å². The summed E-state index contributed by atoms with van der Waals surface area (Å²) in [6.45, 7) is 2.53. The molecule has 0 N–H and O–H groups in total. The standard InChI is InChI=1S/C16H17BrFN3O2S/c17-13-4-5-15(18)16(11-13)24(22,23)21-9-7-20(8-10-21)12-14-3-1-2-6-19-14/h1-6,11H,7-10,12H2. The van der Waals surface area contributed by atoms with Gasteiger partial charge in [-0.25, -0.2) is 12.8 Å². The van der Waals surface area contributed by atoms with Gasteiger partial charge in [-0.3, -0.25) is 9.88 Å². The van der Waals surface area contributed by atoms with Gasteiger partial charge in [0.1, 0.15) is 10.7 Å². The van der Waals surface area contributed by atoms with E-state index in [1.165, 1.54) is 16.4 Å². The number of hydrogen-bond donors (Lipinski definition) is 0. The molecule has 8 heteroatoms. The van der Waals surface area contributed by atoms with Crippen molar-refractivity contribution in [2.75, 3.05) is 26.2 Å². The molecule has 0 aliphatic carbocycles. The largest absolute Gasteiger partial charge is 0.295 e. The molecule has 1 aromatic carbocycles. The molecule has 0 saturated carbocycles. The lowest BCUT2D eigenvalue weighted by Crippen LogP contribution is -2.48. The fraction of sp³-hybridized carbons (Fsp3) is 0.312. The average molecular weight is 414 g/mol. The van der Waals surface area contributed by atoms with Gasteiger partial charge in [-0.15, -0.1) is 0 Å². The molecule has 2 aromatic rings. The first-order valence-corrected chi connectivity index (χ1v) is 9.77. The van der Waals surface area contributed by atoms with Crippen molar-refractivity contribution >= 4 is 26.0 Å². The zero-order valence-corrected chi connectivity index (χ0v) is 15.3. The van der Waals surface area contributed by atoms with Gasteiger partial charge in [0.15, 0.2) is 0 Å². The highest BCUT2D eigenvalue weighted by atomic mass is 79.9. The molecule has 1 aromatic heterocycles. The van der Waals surface area contributed by atoms with Crippen LogP contribution in [-0.4, -0.2) is 48.8 Å². The summed E-state index contributed by atoms with van der Waals surface area (Å²) >= 11 is 3.19. The molecule has 128 valence electrons. The van der Waals surface area contributed by atoms with Crippen LogP contribution in [-0.2, 0) is 16.6 Å². The summed E-state index contributed by atoms with van der Waals surface area (Å²) < 4.78 is 41.1. The smallest absolute Gasteiger partial charge is 0.246 e. The first-order chi connectivity index (χ1) is 11.5. The van der Waals surface area contributed by atoms with Gasteiger partial charge in [-0.05, 0) is 30.3 Å². The third kappa shape index (κ3) is 3.83. The van der Waals surface area contributed by atoms with E-state index in [9.17, 15) is 12.8 Å². The van der Waals surface area contributed by atoms with Crippen LogP contribution in [0, 0.1) is 5.82 Å². The normalized spacial score (nSPS) is 17.1. The van der Waals surface area contributed by atoms with Crippen LogP contribution in [0.2, 0.25) is 0 Å². The van der Waals surface area contributed by atoms with Crippen LogP contribution >= 0.6 is 15.9 Å². The summed E-state index contributed by atoms with van der Waals surface area (Å²) in [4.78, 5) is 6.14. The van der Waals surface area contributed by atoms with Crippen LogP contribution in [0.15, 0.2) is 52.0 Å². The van der Waals surface area contributed by atoms with Crippen molar-refractivity contribution in [1.29, 1.82) is 0 Å². The van der Waals surface area contributed by atoms with E-state index >= 15 is 0 Å². The highest BCUT2D eigenvalue weighted by Crippen LogP contribution is 2.24. The maximum Gasteiger partial charge on any atom is 0.246 e. The Kier molecular flexibility index (Phi) is 5.29. The SMILES string of the molecule is O=S(=O)(c1cc(Br)ccc1F)N1CCN(Cc2ccccn2)CC1. The lowest BCUT2D eigenvalue weighted by atomic mass is 10.3. The minimum atomic E-state index is -3.83. The van der Waals surface area contributed by atoms with Gasteiger partial charge < -0.3 is 0 Å². The second kappa shape index (κ2) is 7.26. The van der Waals surface area contributed by atoms with Crippen LogP contribution in [0.3, 0.4) is 0 Å². The third-order valence-corrected chi connectivity index (χ3v) is 6.36. The van der Waals surface area contributed by atoms with Gasteiger partial charge in [0.25, 0.3) is 0 Å². The number of hydrogen-bond acceptors (Lipinski definition) is 4. The number of nitrogens with zero attached hydrogens (tertiary/aromatic N) is 3. The van der Waals surface area contributed by atoms with Crippen molar-refractivity contribution < 1.29 is 12.8 Å². The van der Waals surface area contributed by atoms with Gasteiger partial charge in [-0.2, -0.15) is 4.31 Å². The fourth-order valence-corrected chi connectivity index (χ4v) is 4.69. The van der Waals surface area contributed by atoms with Crippen LogP contribution in [0.5, 0.6) is 0 Å². The number of pyridine rings is 1. The van der Waals surface area contributed by atoms with E-state index in [0.29, 0.717) is 37.2 Å². The van der Waals surface area contributed by atoms with Crippen molar-refractivity contribution in [3.63, 3.8) is 0 Å². The molecule has 5 nitrogen and oxygen atoms in total. The molecule has 0 atom stereocenters. The fourth-order valence-electron chi connectivity index (χ4n) is 2.66. The molecule has 2 heterocycles. The molecule has 24 heavy (non-hydrogen) atoms. The van der Waals surface area contributed by atoms with Crippen LogP contribution in [0.1, 0.15) is 5.69 Å². The third-order valence-electron chi connectivity index (χ3n) is 3.95. The van der Waals surface area contributed by atoms with Crippen molar-refractivity contribution in [1.82, 2.24) is 14.2 Å². The molecule has 0 spiro atoms. The number of benzene rings is 1. The summed E-state index contributed by atoms with van der Waals surface area (Å²) in [5, 5.41) is 0. The summed E-state index contributed by atoms with van der Waals surface area (Å²) in [5.74, 6) is -0.728. The number of rotatable bonds is 4. The number of halogens is 2. The van der Waals surface area contributed by atoms with Crippen molar-refractivity contribution in [3.05, 3.63) is 58.6 Å². The molecule has 1 saturated heterocycles. The quantitative estimate of drug-likeness (QED) is 0.772. The Morgan fingerprint density at radius 1 is 1.12 bits per heavy atom. The predicted molar refractivity (Wildman–Crippen MR) is 92.4 cm³/mol. The van der Waals surface area contributed by atoms with E-state index in [2.05, 4.69) is 25.8 Å². The van der Waals surface area contributed by atoms with Gasteiger partial charge in [0, 0.05) is 43.4 Å². The first-order valence-electron chi connectivity index (χ1n) is 7.54. The molecule has 0 unspecified atom stereocenters. The number of piperazine rings is 1. The van der Waals surface area contributed by atoms with Crippen LogP contribution in [0.4, 0.5) is 4.39 Å². The molecular formula is C16H17BrFN3O2S. The highest BCUT2D eigenvalue weighted by Gasteiger charge is 2.30. The monoisotopic (exact) mass is 413 g/mol. The van der Waals surface area contributed by atoms with Gasteiger partial charge in [0.05, 0.1) is 5.69 Å². The Morgan fingerprint density at radius 2 is 1.88 bits per heavy atom. The van der Waals surface area contributed by atoms with E-state index in [1.807, 2.05) is 18.2 Å². The Balaban J connectivity index is 1.68. The average Bonchev–Trinajstić information content (AvgIpc) is 2.58. The number of sulfonamides is 1. The lowest BCUT2D eigenvalue weighted by molar-refractivity contribution is 0.179. The molecule has 3 rings (SSSR count). The molecule has 1 aliphatic heterocycles. The van der Waals surface area contributed by atoms with Gasteiger partial charge >= 0.3 is 0 Å². The summed E-state index contributed by atoms with van der Waals surface area (Å²) in [6.07, 6.45) is 1.74. The highest BCUT2D eigenvalue weighted by molar-refractivity contribution is 9.10. The van der Waals surface area contributed by atoms with E-state index < -0.39 is 15.8 Å². The van der Waals surface area contributed by atoms with Crippen LogP contribution < -0.4 is 0 Å². The van der Waals surface area contributed by atoms with E-state index in [1.54, 1.807) is 6.20 Å². The lowest BCUT2D eigenvalue weighted by Gasteiger charge is -2.33. The van der Waals surface area contributed by atoms with Crippen molar-refractivity contribution in [2.24, 2.45) is 0 Å². The first kappa shape index (κ1) is 17.5. The molecule has 1 aliphatic rings. The maximum absolute atomic E-state index is 13.9. The second-order valence-electron chi connectivity index (χ2n) is 5.58. The Bertz CT molecular complexity index is 809. The molecule has 1 fully saturated rings. The molecule has 0 amide bonds. The van der Waals surface area contributed by atoms with E-state index in [0.717, 1.165) is 11.8 Å². The second-order valence-corrected chi connectivity index (χ2v) is 8.40. The van der Waals surface area contributed by atoms with Gasteiger partial charge in [0.2, 0.25) is 10.0 Å². The minimum Gasteiger partial charge on any atom is -0.295 e. The van der Waals surface area contributed by atoms with Crippen molar-refractivity contribution in [3.8, 4) is 0 Å². The van der Waals surface area contributed by atoms with Gasteiger partial charge in [-0.1, -0.05) is 22.0 Å². The van der Waals surface area contributed by atoms with Crippen molar-refractivity contribution in [2.45, 2.75) is 11.4 Å². The zero-order valence-electron chi connectivity index (χ0n) is 12.9. The summed E-state index contributed by atoms with van der Waals surface area (Å²) in [5.41, 5.74) is 0.951. The summed E-state index contributed by atoms with van der Waals surface area (Å²) in [6, 6.07) is 9.69. The topological polar surface area (TPSA) is 53.5 Å². The molecular weight excluding hydrogens is 397 g/mol. The Morgan fingerprint density at radius 3 is 2.54 bits per heavy atom. The minimum absolute atomic E-state index is 0.282. The van der Waals surface area contributed by atoms with E-state index in [4.69, 9.17) is 0 Å². The number of aromatic nitrogens is 1. The summed E-state index contributed by atoms with van der Waals surface area (Å²) in [7, 11) is -3.83. The molecule has 0 radical (unpaired) electrons. The predicted octanol–water partition coefficient (Wildman–Crippen LogP) is 2.49. The Labute approximate surface area is 149 Å². The molecule has 0 bridgehead atoms. The zero-order chi connectivity index (χ0) is 17.2. The Hall–Kier alpha value is -1.35. The maximum atomic E-state index is 13.9. The van der Waals surface area contributed by atoms with Crippen LogP contribution in [0.25, 0.3) is 0 Å².